The fourth-order valence-electron chi connectivity index (χ4n) is 3.94. The molecular formula is C23H30ClNO2S. The second-order valence-corrected chi connectivity index (χ2v) is 8.55. The van der Waals surface area contributed by atoms with Crippen molar-refractivity contribution in [2.24, 2.45) is 5.92 Å². The van der Waals surface area contributed by atoms with Crippen LogP contribution in [0.1, 0.15) is 46.4 Å². The fraction of sp³-hybridized carbons (Fsp3) is 0.435. The molecule has 3 nitrogen and oxygen atoms in total. The first kappa shape index (κ1) is 22.7. The van der Waals surface area contributed by atoms with Gasteiger partial charge < -0.3 is 10.0 Å². The Labute approximate surface area is 178 Å². The van der Waals surface area contributed by atoms with Gasteiger partial charge in [-0.25, -0.2) is 0 Å². The zero-order valence-electron chi connectivity index (χ0n) is 16.9. The van der Waals surface area contributed by atoms with E-state index in [0.717, 1.165) is 32.4 Å². The smallest absolute Gasteiger partial charge is 0.307 e. The third-order valence-electron chi connectivity index (χ3n) is 5.43. The molecule has 28 heavy (non-hydrogen) atoms. The van der Waals surface area contributed by atoms with Crippen molar-refractivity contribution in [1.82, 2.24) is 4.90 Å². The summed E-state index contributed by atoms with van der Waals surface area (Å²) in [6, 6.07) is 8.84. The van der Waals surface area contributed by atoms with Gasteiger partial charge in [-0.1, -0.05) is 29.8 Å². The lowest BCUT2D eigenvalue weighted by molar-refractivity contribution is -0.143. The molecule has 1 aliphatic heterocycles. The van der Waals surface area contributed by atoms with Crippen molar-refractivity contribution < 1.29 is 9.90 Å². The number of piperidine rings is 1. The Bertz CT molecular complexity index is 843. The molecule has 1 saturated heterocycles. The van der Waals surface area contributed by atoms with Crippen LogP contribution in [0, 0.1) is 26.7 Å². The van der Waals surface area contributed by atoms with Crippen LogP contribution in [0.25, 0.3) is 5.57 Å². The van der Waals surface area contributed by atoms with Gasteiger partial charge in [0.1, 0.15) is 0 Å². The molecule has 5 heteroatoms. The van der Waals surface area contributed by atoms with Gasteiger partial charge >= 0.3 is 5.97 Å². The first-order chi connectivity index (χ1) is 13.0. The number of hydrogen-bond acceptors (Lipinski definition) is 3. The van der Waals surface area contributed by atoms with Crippen molar-refractivity contribution in [3.8, 4) is 0 Å². The SMILES string of the molecule is Cc1ccc(C(=CCCN2CCC[C@@H](C(=O)O)C2)c2sccc2C)c(C)c1.Cl. The van der Waals surface area contributed by atoms with Gasteiger partial charge in [-0.05, 0) is 80.3 Å². The van der Waals surface area contributed by atoms with Crippen molar-refractivity contribution in [2.75, 3.05) is 19.6 Å². The summed E-state index contributed by atoms with van der Waals surface area (Å²) < 4.78 is 0. The number of thiophene rings is 1. The van der Waals surface area contributed by atoms with E-state index in [2.05, 4.69) is 61.4 Å². The first-order valence-electron chi connectivity index (χ1n) is 9.73. The highest BCUT2D eigenvalue weighted by atomic mass is 35.5. The second kappa shape index (κ2) is 10.2. The van der Waals surface area contributed by atoms with Gasteiger partial charge in [-0.2, -0.15) is 0 Å². The van der Waals surface area contributed by atoms with Gasteiger partial charge in [-0.15, -0.1) is 23.7 Å². The van der Waals surface area contributed by atoms with E-state index in [1.165, 1.54) is 32.7 Å². The third kappa shape index (κ3) is 5.47. The average molecular weight is 420 g/mol. The van der Waals surface area contributed by atoms with Crippen LogP contribution in [0.5, 0.6) is 0 Å². The van der Waals surface area contributed by atoms with Crippen LogP contribution in [0.15, 0.2) is 35.7 Å². The summed E-state index contributed by atoms with van der Waals surface area (Å²) in [5, 5.41) is 11.4. The maximum Gasteiger partial charge on any atom is 0.307 e. The van der Waals surface area contributed by atoms with Crippen LogP contribution >= 0.6 is 23.7 Å². The molecule has 1 aromatic carbocycles. The molecule has 3 rings (SSSR count). The minimum atomic E-state index is -0.652. The number of aryl methyl sites for hydroxylation is 3. The number of hydrogen-bond donors (Lipinski definition) is 1. The van der Waals surface area contributed by atoms with Gasteiger partial charge in [0.25, 0.3) is 0 Å². The molecule has 152 valence electrons. The van der Waals surface area contributed by atoms with E-state index in [9.17, 15) is 9.90 Å². The molecule has 1 atom stereocenters. The van der Waals surface area contributed by atoms with Crippen LogP contribution in [-0.2, 0) is 4.79 Å². The van der Waals surface area contributed by atoms with Crippen LogP contribution in [0.3, 0.4) is 0 Å². The lowest BCUT2D eigenvalue weighted by Gasteiger charge is -2.30. The number of nitrogens with zero attached hydrogens (tertiary/aromatic N) is 1. The first-order valence-corrected chi connectivity index (χ1v) is 10.6. The molecule has 1 N–H and O–H groups in total. The van der Waals surface area contributed by atoms with E-state index < -0.39 is 5.97 Å². The highest BCUT2D eigenvalue weighted by Gasteiger charge is 2.24. The van der Waals surface area contributed by atoms with Gasteiger partial charge in [0.15, 0.2) is 0 Å². The Morgan fingerprint density at radius 2 is 2.04 bits per heavy atom. The largest absolute Gasteiger partial charge is 0.481 e. The highest BCUT2D eigenvalue weighted by molar-refractivity contribution is 7.11. The van der Waals surface area contributed by atoms with Crippen LogP contribution in [0.4, 0.5) is 0 Å². The van der Waals surface area contributed by atoms with E-state index in [1.807, 2.05) is 0 Å². The van der Waals surface area contributed by atoms with E-state index in [1.54, 1.807) is 11.3 Å². The molecule has 2 aromatic rings. The number of benzene rings is 1. The minimum Gasteiger partial charge on any atom is -0.481 e. The molecule has 0 unspecified atom stereocenters. The van der Waals surface area contributed by atoms with Gasteiger partial charge in [0.05, 0.1) is 5.92 Å². The summed E-state index contributed by atoms with van der Waals surface area (Å²) in [4.78, 5) is 14.9. The number of carbonyl (C=O) groups is 1. The lowest BCUT2D eigenvalue weighted by atomic mass is 9.95. The Balaban J connectivity index is 0.00000280. The van der Waals surface area contributed by atoms with Crippen LogP contribution < -0.4 is 0 Å². The van der Waals surface area contributed by atoms with E-state index in [-0.39, 0.29) is 18.3 Å². The van der Waals surface area contributed by atoms with Gasteiger partial charge in [0, 0.05) is 18.0 Å². The fourth-order valence-corrected chi connectivity index (χ4v) is 4.92. The van der Waals surface area contributed by atoms with Gasteiger partial charge in [0.2, 0.25) is 0 Å². The summed E-state index contributed by atoms with van der Waals surface area (Å²) >= 11 is 1.80. The zero-order valence-corrected chi connectivity index (χ0v) is 18.5. The maximum absolute atomic E-state index is 11.3. The monoisotopic (exact) mass is 419 g/mol. The predicted octanol–water partition coefficient (Wildman–Crippen LogP) is 5.71. The third-order valence-corrected chi connectivity index (χ3v) is 6.48. The predicted molar refractivity (Wildman–Crippen MR) is 121 cm³/mol. The van der Waals surface area contributed by atoms with E-state index in [0.29, 0.717) is 6.54 Å². The molecule has 2 heterocycles. The number of halogens is 1. The Kier molecular flexibility index (Phi) is 8.29. The number of aliphatic carboxylic acids is 1. The number of carboxylic acid groups (broad SMARTS) is 1. The van der Waals surface area contributed by atoms with Crippen LogP contribution in [-0.4, -0.2) is 35.6 Å². The quantitative estimate of drug-likeness (QED) is 0.651. The Hall–Kier alpha value is -1.62. The number of likely N-dealkylation sites (tertiary alicyclic amines) is 1. The lowest BCUT2D eigenvalue weighted by Crippen LogP contribution is -2.39. The molecule has 1 fully saturated rings. The molecular weight excluding hydrogens is 390 g/mol. The molecule has 0 bridgehead atoms. The highest BCUT2D eigenvalue weighted by Crippen LogP contribution is 2.33. The zero-order chi connectivity index (χ0) is 19.4. The van der Waals surface area contributed by atoms with Crippen LogP contribution in [0.2, 0.25) is 0 Å². The summed E-state index contributed by atoms with van der Waals surface area (Å²) in [5.74, 6) is -0.860. The van der Waals surface area contributed by atoms with Crippen molar-refractivity contribution in [3.63, 3.8) is 0 Å². The molecule has 0 spiro atoms. The Morgan fingerprint density at radius 3 is 2.68 bits per heavy atom. The molecule has 1 aliphatic rings. The van der Waals surface area contributed by atoms with Crippen molar-refractivity contribution >= 4 is 35.3 Å². The summed E-state index contributed by atoms with van der Waals surface area (Å²) in [6.07, 6.45) is 5.08. The maximum atomic E-state index is 11.3. The molecule has 1 aromatic heterocycles. The number of rotatable bonds is 6. The topological polar surface area (TPSA) is 40.5 Å². The second-order valence-electron chi connectivity index (χ2n) is 7.64. The van der Waals surface area contributed by atoms with E-state index >= 15 is 0 Å². The van der Waals surface area contributed by atoms with Crippen molar-refractivity contribution in [2.45, 2.75) is 40.0 Å². The molecule has 0 saturated carbocycles. The molecule has 0 aliphatic carbocycles. The Morgan fingerprint density at radius 1 is 1.25 bits per heavy atom. The molecule has 0 amide bonds. The van der Waals surface area contributed by atoms with Crippen molar-refractivity contribution in [1.29, 1.82) is 0 Å². The summed E-state index contributed by atoms with van der Waals surface area (Å²) in [7, 11) is 0. The van der Waals surface area contributed by atoms with Gasteiger partial charge in [-0.3, -0.25) is 4.79 Å². The van der Waals surface area contributed by atoms with E-state index in [4.69, 9.17) is 0 Å². The number of carboxylic acids is 1. The van der Waals surface area contributed by atoms with Crippen molar-refractivity contribution in [3.05, 3.63) is 62.9 Å². The minimum absolute atomic E-state index is 0. The average Bonchev–Trinajstić information content (AvgIpc) is 3.05. The summed E-state index contributed by atoms with van der Waals surface area (Å²) in [6.45, 7) is 9.09. The normalized spacial score (nSPS) is 18.0. The standard InChI is InChI=1S/C23H29NO2S.ClH/c1-16-8-9-20(18(3)14-16)21(22-17(2)10-13-27-22)7-5-12-24-11-4-6-19(15-24)23(25)26;/h7-10,13-14,19H,4-6,11-12,15H2,1-3H3,(H,25,26);1H/t19-;/m1./s1. The molecule has 0 radical (unpaired) electrons. The summed E-state index contributed by atoms with van der Waals surface area (Å²) in [5.41, 5.74) is 6.51.